The summed E-state index contributed by atoms with van der Waals surface area (Å²) in [7, 11) is 0. The lowest BCUT2D eigenvalue weighted by molar-refractivity contribution is -0.131. The lowest BCUT2D eigenvalue weighted by Gasteiger charge is -2.30. The van der Waals surface area contributed by atoms with Gasteiger partial charge in [0.25, 0.3) is 5.89 Å². The van der Waals surface area contributed by atoms with E-state index in [1.165, 1.54) is 6.07 Å². The van der Waals surface area contributed by atoms with Gasteiger partial charge in [0.2, 0.25) is 11.5 Å². The monoisotopic (exact) mass is 365 g/mol. The van der Waals surface area contributed by atoms with E-state index in [0.717, 1.165) is 18.5 Å². The zero-order valence-corrected chi connectivity index (χ0v) is 14.7. The van der Waals surface area contributed by atoms with Crippen molar-refractivity contribution in [2.45, 2.75) is 25.2 Å². The SMILES string of the molecule is O=C(Cc1ccccn1)N1CCC(c2noc(-c3ccc(=O)[nH]c3)n2)CC1. The predicted molar refractivity (Wildman–Crippen MR) is 96.9 cm³/mol. The van der Waals surface area contributed by atoms with Crippen molar-refractivity contribution < 1.29 is 9.32 Å². The molecule has 1 aliphatic rings. The van der Waals surface area contributed by atoms with Crippen LogP contribution in [0.15, 0.2) is 52.0 Å². The highest BCUT2D eigenvalue weighted by Crippen LogP contribution is 2.28. The molecule has 0 spiro atoms. The fourth-order valence-corrected chi connectivity index (χ4v) is 3.22. The molecule has 8 heteroatoms. The first-order valence-corrected chi connectivity index (χ1v) is 8.89. The predicted octanol–water partition coefficient (Wildman–Crippen LogP) is 1.77. The molecule has 1 saturated heterocycles. The Balaban J connectivity index is 1.36. The molecule has 1 amide bonds. The zero-order chi connectivity index (χ0) is 18.6. The van der Waals surface area contributed by atoms with E-state index in [-0.39, 0.29) is 17.4 Å². The number of nitrogens with zero attached hydrogens (tertiary/aromatic N) is 4. The standard InChI is InChI=1S/C19H19N5O3/c25-16-5-4-14(12-21-16)19-22-18(23-27-19)13-6-9-24(10-7-13)17(26)11-15-3-1-2-8-20-15/h1-5,8,12-13H,6-7,9-11H2,(H,21,25). The van der Waals surface area contributed by atoms with Gasteiger partial charge >= 0.3 is 0 Å². The molecule has 138 valence electrons. The Labute approximate surface area is 155 Å². The van der Waals surface area contributed by atoms with E-state index < -0.39 is 0 Å². The van der Waals surface area contributed by atoms with E-state index in [1.807, 2.05) is 23.1 Å². The van der Waals surface area contributed by atoms with Crippen LogP contribution in [0.4, 0.5) is 0 Å². The van der Waals surface area contributed by atoms with Crippen LogP contribution in [0.2, 0.25) is 0 Å². The number of aromatic amines is 1. The molecule has 3 aromatic heterocycles. The van der Waals surface area contributed by atoms with Gasteiger partial charge in [-0.2, -0.15) is 4.98 Å². The number of rotatable bonds is 4. The van der Waals surface area contributed by atoms with Gasteiger partial charge in [-0.1, -0.05) is 11.2 Å². The fourth-order valence-electron chi connectivity index (χ4n) is 3.22. The smallest absolute Gasteiger partial charge is 0.259 e. The maximum Gasteiger partial charge on any atom is 0.259 e. The Bertz CT molecular complexity index is 954. The molecule has 8 nitrogen and oxygen atoms in total. The van der Waals surface area contributed by atoms with Gasteiger partial charge in [-0.25, -0.2) is 0 Å². The number of pyridine rings is 2. The summed E-state index contributed by atoms with van der Waals surface area (Å²) >= 11 is 0. The van der Waals surface area contributed by atoms with Crippen molar-refractivity contribution in [3.63, 3.8) is 0 Å². The molecule has 0 saturated carbocycles. The normalized spacial score (nSPS) is 15.0. The lowest BCUT2D eigenvalue weighted by Crippen LogP contribution is -2.39. The van der Waals surface area contributed by atoms with Gasteiger partial charge in [-0.3, -0.25) is 14.6 Å². The minimum atomic E-state index is -0.179. The Morgan fingerprint density at radius 2 is 2.07 bits per heavy atom. The molecule has 0 aliphatic carbocycles. The molecular formula is C19H19N5O3. The third-order valence-corrected chi connectivity index (χ3v) is 4.74. The lowest BCUT2D eigenvalue weighted by atomic mass is 9.96. The van der Waals surface area contributed by atoms with Crippen LogP contribution < -0.4 is 5.56 Å². The minimum absolute atomic E-state index is 0.0918. The Kier molecular flexibility index (Phi) is 4.78. The summed E-state index contributed by atoms with van der Waals surface area (Å²) in [6, 6.07) is 8.66. The fraction of sp³-hybridized carbons (Fsp3) is 0.316. The molecule has 3 aromatic rings. The third kappa shape index (κ3) is 3.94. The van der Waals surface area contributed by atoms with Gasteiger partial charge in [-0.05, 0) is 31.0 Å². The molecule has 1 fully saturated rings. The number of aromatic nitrogens is 4. The highest BCUT2D eigenvalue weighted by Gasteiger charge is 2.27. The molecule has 0 aromatic carbocycles. The van der Waals surface area contributed by atoms with E-state index >= 15 is 0 Å². The van der Waals surface area contributed by atoms with Crippen LogP contribution in [-0.2, 0) is 11.2 Å². The number of hydrogen-bond acceptors (Lipinski definition) is 6. The zero-order valence-electron chi connectivity index (χ0n) is 14.7. The van der Waals surface area contributed by atoms with E-state index in [9.17, 15) is 9.59 Å². The van der Waals surface area contributed by atoms with Crippen molar-refractivity contribution in [2.24, 2.45) is 0 Å². The highest BCUT2D eigenvalue weighted by molar-refractivity contribution is 5.78. The van der Waals surface area contributed by atoms with Crippen molar-refractivity contribution in [3.05, 3.63) is 64.6 Å². The minimum Gasteiger partial charge on any atom is -0.342 e. The average molecular weight is 365 g/mol. The average Bonchev–Trinajstić information content (AvgIpc) is 3.20. The van der Waals surface area contributed by atoms with Crippen molar-refractivity contribution in [1.29, 1.82) is 0 Å². The summed E-state index contributed by atoms with van der Waals surface area (Å²) in [5.74, 6) is 1.28. The number of amides is 1. The molecule has 0 bridgehead atoms. The Hall–Kier alpha value is -3.29. The maximum atomic E-state index is 12.4. The number of carbonyl (C=O) groups is 1. The quantitative estimate of drug-likeness (QED) is 0.755. The van der Waals surface area contributed by atoms with Crippen LogP contribution in [-0.4, -0.2) is 44.0 Å². The van der Waals surface area contributed by atoms with Crippen molar-refractivity contribution in [1.82, 2.24) is 25.0 Å². The number of carbonyl (C=O) groups excluding carboxylic acids is 1. The van der Waals surface area contributed by atoms with E-state index in [4.69, 9.17) is 4.52 Å². The maximum absolute atomic E-state index is 12.4. The molecule has 4 heterocycles. The van der Waals surface area contributed by atoms with Crippen molar-refractivity contribution >= 4 is 5.91 Å². The number of likely N-dealkylation sites (tertiary alicyclic amines) is 1. The summed E-state index contributed by atoms with van der Waals surface area (Å²) in [6.45, 7) is 1.33. The second-order valence-corrected chi connectivity index (χ2v) is 6.55. The van der Waals surface area contributed by atoms with Gasteiger partial charge in [0.05, 0.1) is 12.0 Å². The summed E-state index contributed by atoms with van der Waals surface area (Å²) < 4.78 is 5.33. The van der Waals surface area contributed by atoms with E-state index in [2.05, 4.69) is 20.1 Å². The van der Waals surface area contributed by atoms with Gasteiger partial charge in [-0.15, -0.1) is 0 Å². The van der Waals surface area contributed by atoms with E-state index in [1.54, 1.807) is 18.5 Å². The first-order chi connectivity index (χ1) is 13.2. The van der Waals surface area contributed by atoms with Gasteiger partial charge in [0.15, 0.2) is 5.82 Å². The topological polar surface area (TPSA) is 105 Å². The van der Waals surface area contributed by atoms with Crippen LogP contribution in [0.5, 0.6) is 0 Å². The Morgan fingerprint density at radius 1 is 1.22 bits per heavy atom. The largest absolute Gasteiger partial charge is 0.342 e. The van der Waals surface area contributed by atoms with E-state index in [0.29, 0.717) is 36.8 Å². The van der Waals surface area contributed by atoms with Gasteiger partial charge in [0, 0.05) is 43.2 Å². The second-order valence-electron chi connectivity index (χ2n) is 6.55. The number of H-pyrrole nitrogens is 1. The Morgan fingerprint density at radius 3 is 2.78 bits per heavy atom. The molecule has 1 aliphatic heterocycles. The number of hydrogen-bond donors (Lipinski definition) is 1. The molecule has 27 heavy (non-hydrogen) atoms. The van der Waals surface area contributed by atoms with Gasteiger partial charge < -0.3 is 14.4 Å². The summed E-state index contributed by atoms with van der Waals surface area (Å²) in [6.07, 6.45) is 5.16. The molecule has 4 rings (SSSR count). The molecule has 0 atom stereocenters. The van der Waals surface area contributed by atoms with Crippen molar-refractivity contribution in [2.75, 3.05) is 13.1 Å². The van der Waals surface area contributed by atoms with Crippen LogP contribution in [0.3, 0.4) is 0 Å². The molecular weight excluding hydrogens is 346 g/mol. The van der Waals surface area contributed by atoms with Crippen LogP contribution in [0.25, 0.3) is 11.5 Å². The molecule has 0 radical (unpaired) electrons. The first-order valence-electron chi connectivity index (χ1n) is 8.89. The first kappa shape index (κ1) is 17.1. The number of nitrogens with one attached hydrogen (secondary N) is 1. The summed E-state index contributed by atoms with van der Waals surface area (Å²) in [5.41, 5.74) is 1.28. The van der Waals surface area contributed by atoms with Crippen LogP contribution in [0.1, 0.15) is 30.3 Å². The third-order valence-electron chi connectivity index (χ3n) is 4.74. The van der Waals surface area contributed by atoms with Crippen LogP contribution in [0, 0.1) is 0 Å². The summed E-state index contributed by atoms with van der Waals surface area (Å²) in [5, 5.41) is 4.08. The summed E-state index contributed by atoms with van der Waals surface area (Å²) in [4.78, 5) is 36.7. The second kappa shape index (κ2) is 7.53. The highest BCUT2D eigenvalue weighted by atomic mass is 16.5. The molecule has 0 unspecified atom stereocenters. The van der Waals surface area contributed by atoms with Gasteiger partial charge in [0.1, 0.15) is 0 Å². The number of piperidine rings is 1. The molecule has 1 N–H and O–H groups in total. The van der Waals surface area contributed by atoms with Crippen LogP contribution >= 0.6 is 0 Å². The van der Waals surface area contributed by atoms with Crippen molar-refractivity contribution in [3.8, 4) is 11.5 Å².